The summed E-state index contributed by atoms with van der Waals surface area (Å²) in [4.78, 5) is 2.40. The molecule has 2 nitrogen and oxygen atoms in total. The quantitative estimate of drug-likeness (QED) is 0.723. The molecule has 78 valence electrons. The van der Waals surface area contributed by atoms with Gasteiger partial charge in [0.25, 0.3) is 0 Å². The zero-order valence-corrected chi connectivity index (χ0v) is 9.00. The summed E-state index contributed by atoms with van der Waals surface area (Å²) in [6, 6.07) is 0. The highest BCUT2D eigenvalue weighted by Crippen LogP contribution is 2.11. The molecule has 1 heterocycles. The highest BCUT2D eigenvalue weighted by atomic mass is 16.3. The van der Waals surface area contributed by atoms with Crippen LogP contribution in [0.15, 0.2) is 0 Å². The van der Waals surface area contributed by atoms with Gasteiger partial charge in [0.2, 0.25) is 0 Å². The SMILES string of the molecule is CC(C)C[C@@H](O)CN1CCCCC1. The van der Waals surface area contributed by atoms with Crippen molar-refractivity contribution >= 4 is 0 Å². The molecule has 1 N–H and O–H groups in total. The smallest absolute Gasteiger partial charge is 0.0669 e. The van der Waals surface area contributed by atoms with Gasteiger partial charge in [0.15, 0.2) is 0 Å². The summed E-state index contributed by atoms with van der Waals surface area (Å²) in [5.41, 5.74) is 0. The molecule has 2 heteroatoms. The van der Waals surface area contributed by atoms with Crippen LogP contribution in [-0.4, -0.2) is 35.7 Å². The molecule has 0 unspecified atom stereocenters. The molecule has 0 radical (unpaired) electrons. The Balaban J connectivity index is 2.14. The number of likely N-dealkylation sites (tertiary alicyclic amines) is 1. The second kappa shape index (κ2) is 5.61. The summed E-state index contributed by atoms with van der Waals surface area (Å²) in [6.07, 6.45) is 4.83. The summed E-state index contributed by atoms with van der Waals surface area (Å²) < 4.78 is 0. The summed E-state index contributed by atoms with van der Waals surface area (Å²) in [6.45, 7) is 7.60. The Bertz CT molecular complexity index is 130. The van der Waals surface area contributed by atoms with Gasteiger partial charge in [-0.3, -0.25) is 0 Å². The zero-order valence-electron chi connectivity index (χ0n) is 9.00. The van der Waals surface area contributed by atoms with Crippen LogP contribution >= 0.6 is 0 Å². The van der Waals surface area contributed by atoms with Crippen LogP contribution in [0.3, 0.4) is 0 Å². The second-order valence-electron chi connectivity index (χ2n) is 4.64. The average Bonchev–Trinajstić information content (AvgIpc) is 2.04. The van der Waals surface area contributed by atoms with E-state index in [0.717, 1.165) is 13.0 Å². The maximum atomic E-state index is 9.73. The van der Waals surface area contributed by atoms with Crippen molar-refractivity contribution in [3.63, 3.8) is 0 Å². The molecule has 0 aromatic carbocycles. The zero-order chi connectivity index (χ0) is 9.68. The summed E-state index contributed by atoms with van der Waals surface area (Å²) >= 11 is 0. The predicted molar refractivity (Wildman–Crippen MR) is 55.8 cm³/mol. The number of aliphatic hydroxyl groups excluding tert-OH is 1. The van der Waals surface area contributed by atoms with Gasteiger partial charge in [-0.1, -0.05) is 20.3 Å². The van der Waals surface area contributed by atoms with Crippen molar-refractivity contribution < 1.29 is 5.11 Å². The molecule has 0 spiro atoms. The van der Waals surface area contributed by atoms with Gasteiger partial charge in [-0.05, 0) is 38.3 Å². The molecule has 0 amide bonds. The fraction of sp³-hybridized carbons (Fsp3) is 1.00. The van der Waals surface area contributed by atoms with Crippen LogP contribution in [0.4, 0.5) is 0 Å². The van der Waals surface area contributed by atoms with Crippen LogP contribution in [0.25, 0.3) is 0 Å². The summed E-state index contributed by atoms with van der Waals surface area (Å²) in [5.74, 6) is 0.611. The Kier molecular flexibility index (Phi) is 4.74. The number of β-amino-alcohol motifs (C(OH)–C–C–N with tert-alkyl or cyclic N) is 1. The Morgan fingerprint density at radius 2 is 1.77 bits per heavy atom. The first-order valence-electron chi connectivity index (χ1n) is 5.59. The molecule has 13 heavy (non-hydrogen) atoms. The van der Waals surface area contributed by atoms with Gasteiger partial charge in [0, 0.05) is 6.54 Å². The monoisotopic (exact) mass is 185 g/mol. The van der Waals surface area contributed by atoms with E-state index in [4.69, 9.17) is 0 Å². The molecular formula is C11H23NO. The van der Waals surface area contributed by atoms with Crippen LogP contribution in [0.1, 0.15) is 39.5 Å². The molecule has 1 aliphatic rings. The van der Waals surface area contributed by atoms with Gasteiger partial charge in [0.05, 0.1) is 6.10 Å². The van der Waals surface area contributed by atoms with E-state index in [1.54, 1.807) is 0 Å². The van der Waals surface area contributed by atoms with Crippen molar-refractivity contribution in [2.45, 2.75) is 45.6 Å². The molecule has 1 fully saturated rings. The number of aliphatic hydroxyl groups is 1. The Morgan fingerprint density at radius 3 is 2.31 bits per heavy atom. The van der Waals surface area contributed by atoms with Crippen molar-refractivity contribution in [2.75, 3.05) is 19.6 Å². The number of nitrogens with zero attached hydrogens (tertiary/aromatic N) is 1. The maximum Gasteiger partial charge on any atom is 0.0669 e. The molecule has 1 rings (SSSR count). The fourth-order valence-electron chi connectivity index (χ4n) is 2.06. The maximum absolute atomic E-state index is 9.73. The largest absolute Gasteiger partial charge is 0.392 e. The number of hydrogen-bond donors (Lipinski definition) is 1. The van der Waals surface area contributed by atoms with Gasteiger partial charge in [-0.15, -0.1) is 0 Å². The van der Waals surface area contributed by atoms with Gasteiger partial charge in [0.1, 0.15) is 0 Å². The van der Waals surface area contributed by atoms with E-state index in [0.29, 0.717) is 5.92 Å². The first kappa shape index (κ1) is 11.0. The lowest BCUT2D eigenvalue weighted by molar-refractivity contribution is 0.0856. The number of hydrogen-bond acceptors (Lipinski definition) is 2. The molecular weight excluding hydrogens is 162 g/mol. The third kappa shape index (κ3) is 4.63. The molecule has 0 saturated carbocycles. The lowest BCUT2D eigenvalue weighted by atomic mass is 10.0. The van der Waals surface area contributed by atoms with E-state index in [1.165, 1.54) is 32.4 Å². The molecule has 1 atom stereocenters. The topological polar surface area (TPSA) is 23.5 Å². The number of piperidine rings is 1. The van der Waals surface area contributed by atoms with Crippen LogP contribution in [0.2, 0.25) is 0 Å². The van der Waals surface area contributed by atoms with Crippen molar-refractivity contribution in [1.29, 1.82) is 0 Å². The van der Waals surface area contributed by atoms with Gasteiger partial charge in [-0.25, -0.2) is 0 Å². The van der Waals surface area contributed by atoms with E-state index in [2.05, 4.69) is 18.7 Å². The fourth-order valence-corrected chi connectivity index (χ4v) is 2.06. The van der Waals surface area contributed by atoms with Crippen LogP contribution in [0.5, 0.6) is 0 Å². The predicted octanol–water partition coefficient (Wildman–Crippen LogP) is 1.88. The third-order valence-electron chi connectivity index (χ3n) is 2.66. The third-order valence-corrected chi connectivity index (χ3v) is 2.66. The summed E-state index contributed by atoms with van der Waals surface area (Å²) in [5, 5.41) is 9.73. The van der Waals surface area contributed by atoms with Crippen LogP contribution in [0, 0.1) is 5.92 Å². The highest BCUT2D eigenvalue weighted by Gasteiger charge is 2.14. The minimum absolute atomic E-state index is 0.113. The average molecular weight is 185 g/mol. The van der Waals surface area contributed by atoms with E-state index in [9.17, 15) is 5.11 Å². The van der Waals surface area contributed by atoms with Crippen LogP contribution in [-0.2, 0) is 0 Å². The molecule has 0 aromatic heterocycles. The minimum Gasteiger partial charge on any atom is -0.392 e. The van der Waals surface area contributed by atoms with Crippen molar-refractivity contribution in [3.05, 3.63) is 0 Å². The van der Waals surface area contributed by atoms with Gasteiger partial charge < -0.3 is 10.0 Å². The van der Waals surface area contributed by atoms with E-state index >= 15 is 0 Å². The highest BCUT2D eigenvalue weighted by molar-refractivity contribution is 4.69. The number of rotatable bonds is 4. The van der Waals surface area contributed by atoms with E-state index < -0.39 is 0 Å². The molecule has 1 saturated heterocycles. The van der Waals surface area contributed by atoms with Gasteiger partial charge >= 0.3 is 0 Å². The van der Waals surface area contributed by atoms with E-state index in [1.807, 2.05) is 0 Å². The van der Waals surface area contributed by atoms with Crippen molar-refractivity contribution in [1.82, 2.24) is 4.90 Å². The molecule has 1 aliphatic heterocycles. The normalized spacial score (nSPS) is 22.2. The summed E-state index contributed by atoms with van der Waals surface area (Å²) in [7, 11) is 0. The standard InChI is InChI=1S/C11H23NO/c1-10(2)8-11(13)9-12-6-4-3-5-7-12/h10-11,13H,3-9H2,1-2H3/t11-/m1/s1. The Morgan fingerprint density at radius 1 is 1.15 bits per heavy atom. The van der Waals surface area contributed by atoms with E-state index in [-0.39, 0.29) is 6.10 Å². The second-order valence-corrected chi connectivity index (χ2v) is 4.64. The lowest BCUT2D eigenvalue weighted by Gasteiger charge is -2.28. The van der Waals surface area contributed by atoms with Crippen molar-refractivity contribution in [2.24, 2.45) is 5.92 Å². The first-order valence-corrected chi connectivity index (χ1v) is 5.59. The first-order chi connectivity index (χ1) is 6.18. The molecule has 0 aliphatic carbocycles. The molecule has 0 bridgehead atoms. The Labute approximate surface area is 81.9 Å². The van der Waals surface area contributed by atoms with Crippen LogP contribution < -0.4 is 0 Å². The Hall–Kier alpha value is -0.0800. The van der Waals surface area contributed by atoms with Crippen molar-refractivity contribution in [3.8, 4) is 0 Å². The lowest BCUT2D eigenvalue weighted by Crippen LogP contribution is -2.36. The minimum atomic E-state index is -0.113. The van der Waals surface area contributed by atoms with Gasteiger partial charge in [-0.2, -0.15) is 0 Å². The molecule has 0 aromatic rings.